The van der Waals surface area contributed by atoms with Crippen molar-refractivity contribution in [1.82, 2.24) is 10.6 Å². The molecule has 6 nitrogen and oxygen atoms in total. The molecular formula is C24H28N2O4. The van der Waals surface area contributed by atoms with Crippen LogP contribution in [0.3, 0.4) is 0 Å². The minimum absolute atomic E-state index is 0.270. The van der Waals surface area contributed by atoms with Gasteiger partial charge in [0.2, 0.25) is 0 Å². The molecule has 1 unspecified atom stereocenters. The third-order valence-corrected chi connectivity index (χ3v) is 4.94. The Morgan fingerprint density at radius 1 is 1.10 bits per heavy atom. The minimum Gasteiger partial charge on any atom is -0.489 e. The monoisotopic (exact) mass is 408 g/mol. The van der Waals surface area contributed by atoms with Crippen molar-refractivity contribution in [3.05, 3.63) is 76.5 Å². The van der Waals surface area contributed by atoms with Crippen LogP contribution in [-0.2, 0) is 16.1 Å². The van der Waals surface area contributed by atoms with Gasteiger partial charge in [-0.25, -0.2) is 9.59 Å². The lowest BCUT2D eigenvalue weighted by molar-refractivity contribution is -0.143. The van der Waals surface area contributed by atoms with Crippen molar-refractivity contribution in [2.75, 3.05) is 0 Å². The van der Waals surface area contributed by atoms with Gasteiger partial charge < -0.3 is 20.1 Å². The summed E-state index contributed by atoms with van der Waals surface area (Å²) in [7, 11) is 0. The number of allylic oxidation sites excluding steroid dienone is 1. The maximum Gasteiger partial charge on any atom is 0.338 e. The summed E-state index contributed by atoms with van der Waals surface area (Å²) in [4.78, 5) is 25.2. The van der Waals surface area contributed by atoms with Crippen LogP contribution in [0, 0.1) is 6.92 Å². The third-order valence-electron chi connectivity index (χ3n) is 4.94. The number of aryl methyl sites for hydroxylation is 1. The van der Waals surface area contributed by atoms with E-state index in [1.165, 1.54) is 0 Å². The number of nitrogens with one attached hydrogen (secondary N) is 2. The van der Waals surface area contributed by atoms with Crippen LogP contribution in [0.5, 0.6) is 5.75 Å². The molecule has 0 spiro atoms. The molecule has 0 radical (unpaired) electrons. The fourth-order valence-corrected chi connectivity index (χ4v) is 3.43. The molecule has 1 aliphatic heterocycles. The number of rotatable bonds is 7. The molecular weight excluding hydrogens is 380 g/mol. The SMILES string of the molecule is CCC1=C(C(=O)OC(C)C)C(c2ccccc2OCc2ccccc2C)NC(=O)N1. The second kappa shape index (κ2) is 9.48. The van der Waals surface area contributed by atoms with Gasteiger partial charge in [0.25, 0.3) is 0 Å². The van der Waals surface area contributed by atoms with E-state index in [0.717, 1.165) is 11.1 Å². The number of hydrogen-bond acceptors (Lipinski definition) is 4. The highest BCUT2D eigenvalue weighted by molar-refractivity contribution is 5.95. The van der Waals surface area contributed by atoms with Gasteiger partial charge in [0.05, 0.1) is 17.7 Å². The second-order valence-corrected chi connectivity index (χ2v) is 7.48. The zero-order chi connectivity index (χ0) is 21.7. The summed E-state index contributed by atoms with van der Waals surface area (Å²) in [5, 5.41) is 5.61. The summed E-state index contributed by atoms with van der Waals surface area (Å²) in [5.74, 6) is 0.159. The van der Waals surface area contributed by atoms with Gasteiger partial charge in [0.15, 0.2) is 0 Å². The van der Waals surface area contributed by atoms with Crippen molar-refractivity contribution >= 4 is 12.0 Å². The van der Waals surface area contributed by atoms with Gasteiger partial charge in [0.1, 0.15) is 12.4 Å². The van der Waals surface area contributed by atoms with E-state index in [2.05, 4.69) is 10.6 Å². The molecule has 6 heteroatoms. The molecule has 0 saturated carbocycles. The molecule has 30 heavy (non-hydrogen) atoms. The lowest BCUT2D eigenvalue weighted by Crippen LogP contribution is -2.46. The summed E-state index contributed by atoms with van der Waals surface area (Å²) in [6, 6.07) is 14.4. The summed E-state index contributed by atoms with van der Waals surface area (Å²) < 4.78 is 11.6. The van der Waals surface area contributed by atoms with Crippen LogP contribution in [-0.4, -0.2) is 18.1 Å². The molecule has 2 N–H and O–H groups in total. The number of para-hydroxylation sites is 1. The molecule has 3 rings (SSSR count). The summed E-state index contributed by atoms with van der Waals surface area (Å²) >= 11 is 0. The van der Waals surface area contributed by atoms with Gasteiger partial charge in [-0.1, -0.05) is 49.4 Å². The van der Waals surface area contributed by atoms with Gasteiger partial charge in [-0.2, -0.15) is 0 Å². The first kappa shape index (κ1) is 21.4. The number of urea groups is 1. The van der Waals surface area contributed by atoms with E-state index in [1.54, 1.807) is 13.8 Å². The highest BCUT2D eigenvalue weighted by Gasteiger charge is 2.35. The maximum absolute atomic E-state index is 12.9. The average molecular weight is 408 g/mol. The van der Waals surface area contributed by atoms with E-state index >= 15 is 0 Å². The van der Waals surface area contributed by atoms with Gasteiger partial charge in [-0.15, -0.1) is 0 Å². The number of esters is 1. The van der Waals surface area contributed by atoms with E-state index in [9.17, 15) is 9.59 Å². The molecule has 0 aromatic heterocycles. The summed E-state index contributed by atoms with van der Waals surface area (Å²) in [6.07, 6.45) is 0.229. The van der Waals surface area contributed by atoms with Crippen molar-refractivity contribution in [2.24, 2.45) is 0 Å². The van der Waals surface area contributed by atoms with Crippen LogP contribution >= 0.6 is 0 Å². The molecule has 0 saturated heterocycles. The second-order valence-electron chi connectivity index (χ2n) is 7.48. The Balaban J connectivity index is 1.97. The summed E-state index contributed by atoms with van der Waals surface area (Å²) in [5.41, 5.74) is 3.88. The van der Waals surface area contributed by atoms with Crippen molar-refractivity contribution in [2.45, 2.75) is 52.9 Å². The number of amides is 2. The molecule has 0 bridgehead atoms. The number of benzene rings is 2. The van der Waals surface area contributed by atoms with E-state index in [0.29, 0.717) is 35.6 Å². The van der Waals surface area contributed by atoms with Crippen molar-refractivity contribution in [3.63, 3.8) is 0 Å². The smallest absolute Gasteiger partial charge is 0.338 e. The Labute approximate surface area is 177 Å². The first-order valence-electron chi connectivity index (χ1n) is 10.2. The molecule has 2 aromatic carbocycles. The molecule has 1 aliphatic rings. The predicted octanol–water partition coefficient (Wildman–Crippen LogP) is 4.54. The van der Waals surface area contributed by atoms with E-state index in [4.69, 9.17) is 9.47 Å². The van der Waals surface area contributed by atoms with Gasteiger partial charge in [0, 0.05) is 11.3 Å². The number of ether oxygens (including phenoxy) is 2. The highest BCUT2D eigenvalue weighted by Crippen LogP contribution is 2.34. The molecule has 0 aliphatic carbocycles. The standard InChI is InChI=1S/C24H28N2O4/c1-5-19-21(23(27)30-15(2)3)22(26-24(28)25-19)18-12-8-9-13-20(18)29-14-17-11-7-6-10-16(17)4/h6-13,15,22H,5,14H2,1-4H3,(H2,25,26,28). The Morgan fingerprint density at radius 2 is 1.80 bits per heavy atom. The maximum atomic E-state index is 12.9. The van der Waals surface area contributed by atoms with E-state index in [1.807, 2.05) is 62.4 Å². The van der Waals surface area contributed by atoms with Crippen LogP contribution in [0.4, 0.5) is 4.79 Å². The molecule has 0 fully saturated rings. The first-order valence-corrected chi connectivity index (χ1v) is 10.2. The van der Waals surface area contributed by atoms with E-state index in [-0.39, 0.29) is 12.1 Å². The topological polar surface area (TPSA) is 76.7 Å². The van der Waals surface area contributed by atoms with Gasteiger partial charge >= 0.3 is 12.0 Å². The fourth-order valence-electron chi connectivity index (χ4n) is 3.43. The molecule has 158 valence electrons. The summed E-state index contributed by atoms with van der Waals surface area (Å²) in [6.45, 7) is 7.91. The lowest BCUT2D eigenvalue weighted by atomic mass is 9.93. The van der Waals surface area contributed by atoms with Crippen molar-refractivity contribution in [1.29, 1.82) is 0 Å². The Morgan fingerprint density at radius 3 is 2.50 bits per heavy atom. The Kier molecular flexibility index (Phi) is 6.77. The van der Waals surface area contributed by atoms with Gasteiger partial charge in [-0.3, -0.25) is 0 Å². The zero-order valence-corrected chi connectivity index (χ0v) is 17.8. The van der Waals surface area contributed by atoms with E-state index < -0.39 is 12.0 Å². The number of hydrogen-bond donors (Lipinski definition) is 2. The lowest BCUT2D eigenvalue weighted by Gasteiger charge is -2.30. The number of carbonyl (C=O) groups excluding carboxylic acids is 2. The van der Waals surface area contributed by atoms with Crippen molar-refractivity contribution in [3.8, 4) is 5.75 Å². The van der Waals surface area contributed by atoms with Crippen LogP contribution in [0.2, 0.25) is 0 Å². The van der Waals surface area contributed by atoms with Crippen LogP contribution < -0.4 is 15.4 Å². The Bertz CT molecular complexity index is 965. The number of carbonyl (C=O) groups is 2. The zero-order valence-electron chi connectivity index (χ0n) is 17.8. The largest absolute Gasteiger partial charge is 0.489 e. The molecule has 2 aromatic rings. The predicted molar refractivity (Wildman–Crippen MR) is 115 cm³/mol. The Hall–Kier alpha value is -3.28. The average Bonchev–Trinajstić information content (AvgIpc) is 2.72. The minimum atomic E-state index is -0.659. The normalized spacial score (nSPS) is 16.2. The molecule has 1 heterocycles. The highest BCUT2D eigenvalue weighted by atomic mass is 16.5. The van der Waals surface area contributed by atoms with Crippen LogP contribution in [0.25, 0.3) is 0 Å². The van der Waals surface area contributed by atoms with Crippen molar-refractivity contribution < 1.29 is 19.1 Å². The quantitative estimate of drug-likeness (QED) is 0.659. The first-order chi connectivity index (χ1) is 14.4. The fraction of sp³-hybridized carbons (Fsp3) is 0.333. The third kappa shape index (κ3) is 4.82. The van der Waals surface area contributed by atoms with Crippen LogP contribution in [0.1, 0.15) is 49.9 Å². The van der Waals surface area contributed by atoms with Crippen LogP contribution in [0.15, 0.2) is 59.8 Å². The van der Waals surface area contributed by atoms with Gasteiger partial charge in [-0.05, 0) is 44.4 Å². The molecule has 2 amide bonds. The molecule has 1 atom stereocenters.